The van der Waals surface area contributed by atoms with E-state index < -0.39 is 6.10 Å². The molecule has 1 aromatic heterocycles. The predicted octanol–water partition coefficient (Wildman–Crippen LogP) is 4.12. The van der Waals surface area contributed by atoms with Gasteiger partial charge in [-0.15, -0.1) is 10.2 Å². The van der Waals surface area contributed by atoms with E-state index in [1.54, 1.807) is 12.1 Å². The first-order chi connectivity index (χ1) is 16.2. The molecule has 8 nitrogen and oxygen atoms in total. The summed E-state index contributed by atoms with van der Waals surface area (Å²) in [6, 6.07) is 14.9. The van der Waals surface area contributed by atoms with Crippen LogP contribution < -0.4 is 15.0 Å². The first kappa shape index (κ1) is 21.1. The lowest BCUT2D eigenvalue weighted by Gasteiger charge is -2.27. The average Bonchev–Trinajstić information content (AvgIpc) is 3.48. The normalized spacial score (nSPS) is 16.8. The van der Waals surface area contributed by atoms with Crippen LogP contribution in [0.5, 0.6) is 5.75 Å². The van der Waals surface area contributed by atoms with Gasteiger partial charge >= 0.3 is 0 Å². The highest BCUT2D eigenvalue weighted by Crippen LogP contribution is 2.36. The molecule has 2 N–H and O–H groups in total. The molecule has 0 bridgehead atoms. The van der Waals surface area contributed by atoms with Crippen molar-refractivity contribution >= 4 is 17.3 Å². The van der Waals surface area contributed by atoms with E-state index in [0.29, 0.717) is 48.1 Å². The molecular formula is C24H25FN6O2. The predicted molar refractivity (Wildman–Crippen MR) is 122 cm³/mol. The fourth-order valence-electron chi connectivity index (χ4n) is 3.96. The zero-order valence-electron chi connectivity index (χ0n) is 18.1. The van der Waals surface area contributed by atoms with Crippen molar-refractivity contribution in [2.45, 2.75) is 31.8 Å². The molecule has 1 saturated carbocycles. The molecule has 0 saturated heterocycles. The monoisotopic (exact) mass is 448 g/mol. The Balaban J connectivity index is 1.40. The van der Waals surface area contributed by atoms with Gasteiger partial charge in [0.05, 0.1) is 12.2 Å². The van der Waals surface area contributed by atoms with E-state index in [1.807, 2.05) is 47.4 Å². The Kier molecular flexibility index (Phi) is 6.01. The Morgan fingerprint density at radius 1 is 1.24 bits per heavy atom. The van der Waals surface area contributed by atoms with Crippen LogP contribution >= 0.6 is 0 Å². The molecule has 5 rings (SSSR count). The Bertz CT molecular complexity index is 1130. The van der Waals surface area contributed by atoms with Crippen LogP contribution in [0.4, 0.5) is 15.8 Å². The van der Waals surface area contributed by atoms with Crippen LogP contribution in [0.1, 0.15) is 25.7 Å². The number of ether oxygens (including phenoxy) is 1. The van der Waals surface area contributed by atoms with Crippen molar-refractivity contribution in [1.29, 1.82) is 0 Å². The number of nitrogens with zero attached hydrogens (tertiary/aromatic N) is 4. The third kappa shape index (κ3) is 5.19. The second-order valence-corrected chi connectivity index (χ2v) is 8.41. The molecule has 2 aliphatic rings. The Morgan fingerprint density at radius 3 is 2.82 bits per heavy atom. The molecule has 1 amide bonds. The molecule has 0 radical (unpaired) electrons. The van der Waals surface area contributed by atoms with E-state index in [-0.39, 0.29) is 18.3 Å². The minimum absolute atomic E-state index is 0.152. The number of benzene rings is 2. The van der Waals surface area contributed by atoms with Crippen LogP contribution in [0.3, 0.4) is 0 Å². The van der Waals surface area contributed by atoms with Crippen LogP contribution in [-0.4, -0.2) is 45.7 Å². The number of carbonyl (C=O) groups is 1. The highest BCUT2D eigenvalue weighted by Gasteiger charge is 2.31. The maximum Gasteiger partial charge on any atom is 0.265 e. The smallest absolute Gasteiger partial charge is 0.265 e. The number of aromatic nitrogens is 4. The van der Waals surface area contributed by atoms with Gasteiger partial charge in [0.1, 0.15) is 11.6 Å². The number of hydrogen-bond donors (Lipinski definition) is 2. The summed E-state index contributed by atoms with van der Waals surface area (Å²) in [5, 5.41) is 17.3. The number of nitrogens with one attached hydrogen (secondary N) is 2. The van der Waals surface area contributed by atoms with Crippen molar-refractivity contribution in [3.05, 3.63) is 60.4 Å². The van der Waals surface area contributed by atoms with Gasteiger partial charge in [0, 0.05) is 17.8 Å². The molecule has 33 heavy (non-hydrogen) atoms. The summed E-state index contributed by atoms with van der Waals surface area (Å²) in [4.78, 5) is 15.2. The van der Waals surface area contributed by atoms with Crippen molar-refractivity contribution in [3.63, 3.8) is 0 Å². The minimum atomic E-state index is -0.612. The van der Waals surface area contributed by atoms with Gasteiger partial charge in [0.2, 0.25) is 5.82 Å². The Morgan fingerprint density at radius 2 is 2.09 bits per heavy atom. The molecule has 9 heteroatoms. The lowest BCUT2D eigenvalue weighted by Crippen LogP contribution is -2.34. The number of amides is 1. The number of tetrazole rings is 1. The summed E-state index contributed by atoms with van der Waals surface area (Å²) < 4.78 is 19.9. The lowest BCUT2D eigenvalue weighted by atomic mass is 10.1. The minimum Gasteiger partial charge on any atom is -0.481 e. The maximum atomic E-state index is 13.8. The highest BCUT2D eigenvalue weighted by molar-refractivity contribution is 5.98. The molecule has 1 aliphatic heterocycles. The standard InChI is InChI=1S/C24H25FN6O2/c25-17-5-4-12-31(15-17)18-10-11-21(20(14-18)23-27-29-30-28-23)26-24(32)22(13-16-8-9-16)33-19-6-2-1-3-7-19/h1-3,5-7,10-11,14,16,22H,4,8-9,12-13,15H2,(H,26,32)(H,27,28,29,30)/t22-/m0/s1. The molecule has 170 valence electrons. The van der Waals surface area contributed by atoms with Gasteiger partial charge in [0.25, 0.3) is 5.91 Å². The zero-order valence-corrected chi connectivity index (χ0v) is 18.1. The summed E-state index contributed by atoms with van der Waals surface area (Å²) >= 11 is 0. The molecular weight excluding hydrogens is 423 g/mol. The largest absolute Gasteiger partial charge is 0.481 e. The van der Waals surface area contributed by atoms with E-state index in [4.69, 9.17) is 4.74 Å². The molecule has 1 atom stereocenters. The first-order valence-electron chi connectivity index (χ1n) is 11.2. The van der Waals surface area contributed by atoms with Crippen LogP contribution in [0.15, 0.2) is 60.4 Å². The fourth-order valence-corrected chi connectivity index (χ4v) is 3.96. The van der Waals surface area contributed by atoms with Gasteiger partial charge in [-0.2, -0.15) is 5.21 Å². The number of anilines is 2. The summed E-state index contributed by atoms with van der Waals surface area (Å²) in [6.07, 6.45) is 4.53. The quantitative estimate of drug-likeness (QED) is 0.538. The molecule has 1 fully saturated rings. The van der Waals surface area contributed by atoms with E-state index in [1.165, 1.54) is 0 Å². The maximum absolute atomic E-state index is 13.8. The van der Waals surface area contributed by atoms with Crippen LogP contribution in [0, 0.1) is 5.92 Å². The highest BCUT2D eigenvalue weighted by atomic mass is 19.1. The van der Waals surface area contributed by atoms with E-state index in [2.05, 4.69) is 25.9 Å². The average molecular weight is 449 g/mol. The topological polar surface area (TPSA) is 96.0 Å². The number of para-hydroxylation sites is 1. The Hall–Kier alpha value is -3.75. The van der Waals surface area contributed by atoms with Crippen molar-refractivity contribution < 1.29 is 13.9 Å². The zero-order chi connectivity index (χ0) is 22.6. The third-order valence-corrected chi connectivity index (χ3v) is 5.88. The van der Waals surface area contributed by atoms with E-state index in [0.717, 1.165) is 18.5 Å². The van der Waals surface area contributed by atoms with Crippen molar-refractivity contribution in [3.8, 4) is 17.1 Å². The summed E-state index contributed by atoms with van der Waals surface area (Å²) in [5.74, 6) is 1.14. The summed E-state index contributed by atoms with van der Waals surface area (Å²) in [6.45, 7) is 0.922. The van der Waals surface area contributed by atoms with Gasteiger partial charge < -0.3 is 15.0 Å². The number of carbonyl (C=O) groups excluding carboxylic acids is 1. The number of aromatic amines is 1. The SMILES string of the molecule is O=C(Nc1ccc(N2CCC=C(F)C2)cc1-c1nn[nH]n1)[C@H](CC1CC1)Oc1ccccc1. The van der Waals surface area contributed by atoms with Gasteiger partial charge in [-0.3, -0.25) is 4.79 Å². The van der Waals surface area contributed by atoms with Gasteiger partial charge in [-0.1, -0.05) is 31.0 Å². The molecule has 1 aliphatic carbocycles. The molecule has 2 heterocycles. The second-order valence-electron chi connectivity index (χ2n) is 8.41. The van der Waals surface area contributed by atoms with Gasteiger partial charge in [-0.05, 0) is 60.4 Å². The van der Waals surface area contributed by atoms with Gasteiger partial charge in [-0.25, -0.2) is 4.39 Å². The number of H-pyrrole nitrogens is 1. The molecule has 2 aromatic carbocycles. The fraction of sp³-hybridized carbons (Fsp3) is 0.333. The van der Waals surface area contributed by atoms with Crippen molar-refractivity contribution in [2.75, 3.05) is 23.3 Å². The van der Waals surface area contributed by atoms with E-state index >= 15 is 0 Å². The Labute approximate surface area is 190 Å². The number of halogens is 1. The second kappa shape index (κ2) is 9.40. The summed E-state index contributed by atoms with van der Waals surface area (Å²) in [5.41, 5.74) is 1.98. The lowest BCUT2D eigenvalue weighted by molar-refractivity contribution is -0.123. The third-order valence-electron chi connectivity index (χ3n) is 5.88. The van der Waals surface area contributed by atoms with Crippen LogP contribution in [-0.2, 0) is 4.79 Å². The van der Waals surface area contributed by atoms with Crippen LogP contribution in [0.2, 0.25) is 0 Å². The molecule has 0 spiro atoms. The van der Waals surface area contributed by atoms with Crippen molar-refractivity contribution in [1.82, 2.24) is 20.6 Å². The summed E-state index contributed by atoms with van der Waals surface area (Å²) in [7, 11) is 0. The van der Waals surface area contributed by atoms with Crippen LogP contribution in [0.25, 0.3) is 11.4 Å². The van der Waals surface area contributed by atoms with E-state index in [9.17, 15) is 9.18 Å². The van der Waals surface area contributed by atoms with Gasteiger partial charge in [0.15, 0.2) is 6.10 Å². The molecule has 0 unspecified atom stereocenters. The number of hydrogen-bond acceptors (Lipinski definition) is 6. The number of rotatable bonds is 8. The van der Waals surface area contributed by atoms with Crippen molar-refractivity contribution in [2.24, 2.45) is 5.92 Å². The molecule has 3 aromatic rings. The first-order valence-corrected chi connectivity index (χ1v) is 11.2.